The second kappa shape index (κ2) is 15.2. The Morgan fingerprint density at radius 1 is 1.11 bits per heavy atom. The predicted molar refractivity (Wildman–Crippen MR) is 200 cm³/mol. The Labute approximate surface area is 325 Å². The van der Waals surface area contributed by atoms with Crippen LogP contribution in [0.25, 0.3) is 0 Å². The van der Waals surface area contributed by atoms with Gasteiger partial charge >= 0.3 is 0 Å². The Kier molecular flexibility index (Phi) is 10.5. The summed E-state index contributed by atoms with van der Waals surface area (Å²) >= 11 is 0. The lowest BCUT2D eigenvalue weighted by Gasteiger charge is -2.49. The van der Waals surface area contributed by atoms with E-state index in [0.717, 1.165) is 17.1 Å². The van der Waals surface area contributed by atoms with Crippen LogP contribution in [0.15, 0.2) is 53.7 Å². The number of aromatic nitrogens is 1. The summed E-state index contributed by atoms with van der Waals surface area (Å²) in [5.74, 6) is -4.00. The fourth-order valence-electron chi connectivity index (χ4n) is 8.16. The number of amides is 2. The molecule has 0 unspecified atom stereocenters. The van der Waals surface area contributed by atoms with Crippen molar-refractivity contribution in [2.45, 2.75) is 67.8 Å². The van der Waals surface area contributed by atoms with Gasteiger partial charge in [-0.2, -0.15) is 0 Å². The van der Waals surface area contributed by atoms with Crippen LogP contribution in [0, 0.1) is 0 Å². The van der Waals surface area contributed by atoms with Crippen molar-refractivity contribution in [2.24, 2.45) is 10.7 Å². The number of aliphatic hydroxyl groups is 4. The molecule has 0 bridgehead atoms. The molecule has 1 aromatic heterocycles. The Morgan fingerprint density at radius 2 is 1.82 bits per heavy atom. The Morgan fingerprint density at radius 3 is 2.49 bits per heavy atom. The number of ether oxygens (including phenoxy) is 3. The average molecular weight is 787 g/mol. The topological polar surface area (TPSA) is 290 Å². The first-order chi connectivity index (χ1) is 27.2. The van der Waals surface area contributed by atoms with E-state index in [1.807, 2.05) is 0 Å². The Balaban J connectivity index is 1.22. The second-order valence-electron chi connectivity index (χ2n) is 14.4. The number of aromatic hydroxyl groups is 1. The van der Waals surface area contributed by atoms with E-state index in [4.69, 9.17) is 25.7 Å². The molecule has 0 radical (unpaired) electrons. The van der Waals surface area contributed by atoms with Gasteiger partial charge in [0.25, 0.3) is 11.8 Å². The fourth-order valence-corrected chi connectivity index (χ4v) is 8.16. The number of rotatable bonds is 10. The minimum absolute atomic E-state index is 0.0332. The van der Waals surface area contributed by atoms with Gasteiger partial charge in [0.1, 0.15) is 47.0 Å². The van der Waals surface area contributed by atoms with Crippen LogP contribution in [0.4, 0.5) is 5.82 Å². The zero-order chi connectivity index (χ0) is 40.9. The van der Waals surface area contributed by atoms with E-state index in [1.165, 1.54) is 44.6 Å². The number of methoxy groups -OCH3 is 1. The summed E-state index contributed by atoms with van der Waals surface area (Å²) < 4.78 is 17.4. The predicted octanol–water partition coefficient (Wildman–Crippen LogP) is -0.287. The number of nitrogens with zero attached hydrogens (tertiary/aromatic N) is 3. The molecule has 0 spiro atoms. The molecule has 0 saturated carbocycles. The minimum atomic E-state index is -2.43. The SMILES string of the molecule is CN=C(N)N[C@@H]1CCCc2cc3c(c(O)c21)C(=O)c1c(O[C@@H]2O[C@H](CO)[C@](O)(C[C@H](CN4C(=O)C=CC4=O)c4ccnc(N)c4)[C@H](O)[C@H]2O)cc(OC)cc1C3=O. The molecule has 4 aliphatic rings. The number of carbonyl (C=O) groups excluding carboxylic acids is 4. The highest BCUT2D eigenvalue weighted by Gasteiger charge is 2.56. The van der Waals surface area contributed by atoms with Gasteiger partial charge in [0, 0.05) is 60.6 Å². The molecule has 3 aromatic rings. The van der Waals surface area contributed by atoms with Crippen LogP contribution < -0.4 is 26.3 Å². The van der Waals surface area contributed by atoms with E-state index in [-0.39, 0.29) is 52.1 Å². The number of fused-ring (bicyclic) bond motifs is 3. The van der Waals surface area contributed by atoms with Gasteiger partial charge in [-0.15, -0.1) is 0 Å². The van der Waals surface area contributed by atoms with E-state index in [0.29, 0.717) is 36.0 Å². The number of carbonyl (C=O) groups is 4. The molecular formula is C39H42N6O12. The van der Waals surface area contributed by atoms with Gasteiger partial charge in [-0.05, 0) is 61.1 Å². The average Bonchev–Trinajstić information content (AvgIpc) is 3.51. The van der Waals surface area contributed by atoms with E-state index < -0.39 is 84.3 Å². The van der Waals surface area contributed by atoms with Crippen LogP contribution in [0.2, 0.25) is 0 Å². The lowest BCUT2D eigenvalue weighted by Crippen LogP contribution is -2.68. The molecule has 2 aliphatic heterocycles. The molecule has 18 heteroatoms. The van der Waals surface area contributed by atoms with Crippen molar-refractivity contribution in [3.8, 4) is 17.2 Å². The fraction of sp³-hybridized carbons (Fsp3) is 0.385. The number of anilines is 1. The smallest absolute Gasteiger partial charge is 0.253 e. The van der Waals surface area contributed by atoms with Gasteiger partial charge < -0.3 is 56.5 Å². The number of imide groups is 1. The maximum Gasteiger partial charge on any atom is 0.253 e. The minimum Gasteiger partial charge on any atom is -0.507 e. The van der Waals surface area contributed by atoms with Crippen LogP contribution in [-0.2, 0) is 20.7 Å². The summed E-state index contributed by atoms with van der Waals surface area (Å²) in [4.78, 5) is 62.4. The van der Waals surface area contributed by atoms with Gasteiger partial charge in [0.2, 0.25) is 12.1 Å². The number of nitrogens with one attached hydrogen (secondary N) is 1. The lowest BCUT2D eigenvalue weighted by atomic mass is 9.75. The van der Waals surface area contributed by atoms with Crippen molar-refractivity contribution in [1.82, 2.24) is 15.2 Å². The summed E-state index contributed by atoms with van der Waals surface area (Å²) in [6, 6.07) is 6.66. The molecule has 1 saturated heterocycles. The van der Waals surface area contributed by atoms with Gasteiger partial charge in [0.15, 0.2) is 11.7 Å². The summed E-state index contributed by atoms with van der Waals surface area (Å²) in [5.41, 5.74) is 10.2. The quantitative estimate of drug-likeness (QED) is 0.0582. The number of hydrogen-bond acceptors (Lipinski definition) is 15. The standard InChI is InChI=1S/C39H42N6O12/c1-42-38(41)44-23-5-3-4-18-10-21-31(33(50)29(18)23)34(51)30-22(32(21)49)12-20(55-2)13-24(30)56-37-35(52)36(53)39(54,25(16-46)57-37)14-19(17-8-9-43-26(40)11-17)15-45-27(47)6-7-28(45)48/h6-13,19,23,25,35-37,46,50,52-54H,3-5,14-16H2,1-2H3,(H2,40,43)(H3,41,42,44)/t19-,23-,25-,35-,36-,37-,39-/m1/s1. The normalized spacial score (nSPS) is 26.2. The highest BCUT2D eigenvalue weighted by Crippen LogP contribution is 2.46. The van der Waals surface area contributed by atoms with Gasteiger partial charge in [-0.3, -0.25) is 29.1 Å². The van der Waals surface area contributed by atoms with E-state index in [9.17, 15) is 44.7 Å². The van der Waals surface area contributed by atoms with Crippen LogP contribution in [-0.4, -0.2) is 122 Å². The number of hydrogen-bond donors (Lipinski definition) is 8. The van der Waals surface area contributed by atoms with Crippen molar-refractivity contribution in [3.05, 3.63) is 87.6 Å². The molecule has 2 aliphatic carbocycles. The number of nitrogens with two attached hydrogens (primary N) is 2. The number of aliphatic imine (C=N–C) groups is 1. The first kappa shape index (κ1) is 39.3. The maximum absolute atomic E-state index is 14.4. The van der Waals surface area contributed by atoms with Crippen molar-refractivity contribution >= 4 is 35.2 Å². The molecule has 7 rings (SSSR count). The van der Waals surface area contributed by atoms with Crippen LogP contribution in [0.3, 0.4) is 0 Å². The number of guanidine groups is 1. The summed E-state index contributed by atoms with van der Waals surface area (Å²) in [5, 5.41) is 60.4. The van der Waals surface area contributed by atoms with Crippen LogP contribution in [0.5, 0.6) is 17.2 Å². The van der Waals surface area contributed by atoms with Crippen LogP contribution in [0.1, 0.15) is 79.8 Å². The Bertz CT molecular complexity index is 2210. The number of aliphatic hydroxyl groups excluding tert-OH is 3. The summed E-state index contributed by atoms with van der Waals surface area (Å²) in [7, 11) is 2.82. The first-order valence-corrected chi connectivity index (χ1v) is 18.2. The Hall–Kier alpha value is -5.92. The molecule has 10 N–H and O–H groups in total. The molecular weight excluding hydrogens is 744 g/mol. The molecule has 1 fully saturated rings. The molecule has 2 aromatic carbocycles. The van der Waals surface area contributed by atoms with Crippen molar-refractivity contribution in [3.63, 3.8) is 0 Å². The molecule has 300 valence electrons. The monoisotopic (exact) mass is 786 g/mol. The number of phenolic OH excluding ortho intramolecular Hbond substituents is 1. The van der Waals surface area contributed by atoms with E-state index in [2.05, 4.69) is 15.3 Å². The third-order valence-corrected chi connectivity index (χ3v) is 11.1. The summed E-state index contributed by atoms with van der Waals surface area (Å²) in [6.07, 6.45) is -2.81. The molecule has 18 nitrogen and oxygen atoms in total. The van der Waals surface area contributed by atoms with Crippen LogP contribution >= 0.6 is 0 Å². The molecule has 57 heavy (non-hydrogen) atoms. The number of phenols is 1. The van der Waals surface area contributed by atoms with E-state index in [1.54, 1.807) is 6.07 Å². The third-order valence-electron chi connectivity index (χ3n) is 11.1. The highest BCUT2D eigenvalue weighted by atomic mass is 16.7. The second-order valence-corrected chi connectivity index (χ2v) is 14.4. The number of aryl methyl sites for hydroxylation is 1. The zero-order valence-corrected chi connectivity index (χ0v) is 30.9. The van der Waals surface area contributed by atoms with Crippen molar-refractivity contribution in [2.75, 3.05) is 33.0 Å². The molecule has 3 heterocycles. The molecule has 7 atom stereocenters. The molecule has 2 amide bonds. The van der Waals surface area contributed by atoms with Gasteiger partial charge in [0.05, 0.1) is 30.9 Å². The highest BCUT2D eigenvalue weighted by molar-refractivity contribution is 6.30. The number of pyridine rings is 1. The van der Waals surface area contributed by atoms with E-state index >= 15 is 0 Å². The first-order valence-electron chi connectivity index (χ1n) is 18.2. The number of ketones is 2. The summed E-state index contributed by atoms with van der Waals surface area (Å²) in [6.45, 7) is -1.20. The zero-order valence-electron chi connectivity index (χ0n) is 30.9. The largest absolute Gasteiger partial charge is 0.507 e. The number of benzene rings is 2. The third kappa shape index (κ3) is 6.84. The van der Waals surface area contributed by atoms with Crippen molar-refractivity contribution < 1.29 is 58.9 Å². The maximum atomic E-state index is 14.4. The van der Waals surface area contributed by atoms with Gasteiger partial charge in [-0.25, -0.2) is 4.98 Å². The van der Waals surface area contributed by atoms with Gasteiger partial charge in [-0.1, -0.05) is 0 Å². The number of nitrogen functional groups attached to an aromatic ring is 1. The van der Waals surface area contributed by atoms with Crippen molar-refractivity contribution in [1.29, 1.82) is 0 Å². The lowest BCUT2D eigenvalue weighted by molar-refractivity contribution is -0.315.